The van der Waals surface area contributed by atoms with Crippen LogP contribution in [0.4, 0.5) is 17.1 Å². The van der Waals surface area contributed by atoms with Crippen molar-refractivity contribution in [3.8, 4) is 5.75 Å². The van der Waals surface area contributed by atoms with Gasteiger partial charge in [-0.05, 0) is 24.3 Å². The van der Waals surface area contributed by atoms with Crippen LogP contribution < -0.4 is 21.5 Å². The molecule has 168 valence electrons. The topological polar surface area (TPSA) is 129 Å². The summed E-state index contributed by atoms with van der Waals surface area (Å²) in [5, 5.41) is 20.9. The van der Waals surface area contributed by atoms with Crippen molar-refractivity contribution in [1.82, 2.24) is 19.7 Å². The Bertz CT molecular complexity index is 1280. The average molecular weight is 438 g/mol. The van der Waals surface area contributed by atoms with Gasteiger partial charge in [-0.15, -0.1) is 0 Å². The van der Waals surface area contributed by atoms with Crippen LogP contribution in [-0.4, -0.2) is 44.8 Å². The van der Waals surface area contributed by atoms with E-state index in [4.69, 9.17) is 0 Å². The highest BCUT2D eigenvalue weighted by atomic mass is 16.3. The maximum absolute atomic E-state index is 12.4. The molecule has 32 heavy (non-hydrogen) atoms. The third-order valence-corrected chi connectivity index (χ3v) is 5.89. The summed E-state index contributed by atoms with van der Waals surface area (Å²) in [6.45, 7) is 4.30. The van der Waals surface area contributed by atoms with E-state index < -0.39 is 22.5 Å². The van der Waals surface area contributed by atoms with Gasteiger partial charge < -0.3 is 20.6 Å². The molecule has 0 bridgehead atoms. The maximum Gasteiger partial charge on any atom is 0.275 e. The third kappa shape index (κ3) is 3.51. The van der Waals surface area contributed by atoms with Gasteiger partial charge in [0.05, 0.1) is 17.9 Å². The summed E-state index contributed by atoms with van der Waals surface area (Å²) in [4.78, 5) is 42.2. The molecular formula is C22H26N6O4. The zero-order valence-corrected chi connectivity index (χ0v) is 18.7. The smallest absolute Gasteiger partial charge is 0.275 e. The first-order chi connectivity index (χ1) is 15.0. The van der Waals surface area contributed by atoms with Crippen molar-refractivity contribution in [1.29, 1.82) is 0 Å². The molecular weight excluding hydrogens is 412 g/mol. The fourth-order valence-corrected chi connectivity index (χ4v) is 4.18. The van der Waals surface area contributed by atoms with Gasteiger partial charge in [-0.3, -0.25) is 19.1 Å². The third-order valence-electron chi connectivity index (χ3n) is 5.89. The summed E-state index contributed by atoms with van der Waals surface area (Å²) >= 11 is 0. The second-order valence-corrected chi connectivity index (χ2v) is 9.20. The van der Waals surface area contributed by atoms with Crippen molar-refractivity contribution in [2.45, 2.75) is 32.7 Å². The minimum atomic E-state index is -0.689. The van der Waals surface area contributed by atoms with Gasteiger partial charge in [0, 0.05) is 38.6 Å². The number of amides is 1. The fourth-order valence-electron chi connectivity index (χ4n) is 4.18. The number of aryl methyl sites for hydroxylation is 1. The van der Waals surface area contributed by atoms with Gasteiger partial charge in [0.2, 0.25) is 0 Å². The van der Waals surface area contributed by atoms with Gasteiger partial charge >= 0.3 is 0 Å². The molecule has 1 atom stereocenters. The number of fused-ring (bicyclic) bond motifs is 1. The van der Waals surface area contributed by atoms with Crippen molar-refractivity contribution in [2.75, 3.05) is 24.7 Å². The molecule has 0 aliphatic heterocycles. The first-order valence-corrected chi connectivity index (χ1v) is 10.3. The Morgan fingerprint density at radius 2 is 1.94 bits per heavy atom. The van der Waals surface area contributed by atoms with Gasteiger partial charge in [0.1, 0.15) is 11.4 Å². The number of rotatable bonds is 5. The molecule has 1 unspecified atom stereocenters. The Morgan fingerprint density at radius 3 is 2.62 bits per heavy atom. The SMILES string of the molecule is CN(C)C(=O)c1nccc(Nc2c(NC3CC(C)(C)Cc4c3cnn4C)c(=O)c2=O)c1O. The lowest BCUT2D eigenvalue weighted by Gasteiger charge is -2.36. The van der Waals surface area contributed by atoms with Crippen molar-refractivity contribution in [2.24, 2.45) is 12.5 Å². The molecule has 10 nitrogen and oxygen atoms in total. The van der Waals surface area contributed by atoms with Crippen molar-refractivity contribution in [3.63, 3.8) is 0 Å². The lowest BCUT2D eigenvalue weighted by Crippen LogP contribution is -2.39. The van der Waals surface area contributed by atoms with E-state index in [9.17, 15) is 19.5 Å². The van der Waals surface area contributed by atoms with E-state index in [1.165, 1.54) is 17.2 Å². The largest absolute Gasteiger partial charge is 0.504 e. The van der Waals surface area contributed by atoms with Crippen LogP contribution in [0.5, 0.6) is 5.75 Å². The predicted molar refractivity (Wildman–Crippen MR) is 120 cm³/mol. The molecule has 1 aromatic carbocycles. The number of aromatic nitrogens is 3. The number of carbonyl (C=O) groups is 1. The van der Waals surface area contributed by atoms with Crippen LogP contribution in [0.3, 0.4) is 0 Å². The van der Waals surface area contributed by atoms with Gasteiger partial charge in [0.25, 0.3) is 16.8 Å². The van der Waals surface area contributed by atoms with E-state index in [2.05, 4.69) is 34.6 Å². The molecule has 0 radical (unpaired) electrons. The summed E-state index contributed by atoms with van der Waals surface area (Å²) in [7, 11) is 4.97. The Morgan fingerprint density at radius 1 is 1.25 bits per heavy atom. The first-order valence-electron chi connectivity index (χ1n) is 10.3. The van der Waals surface area contributed by atoms with Crippen LogP contribution in [0.15, 0.2) is 28.0 Å². The van der Waals surface area contributed by atoms with Crippen molar-refractivity contribution >= 4 is 23.0 Å². The van der Waals surface area contributed by atoms with Crippen LogP contribution in [0, 0.1) is 5.41 Å². The lowest BCUT2D eigenvalue weighted by molar-refractivity contribution is 0.0819. The number of pyridine rings is 1. The molecule has 1 aliphatic carbocycles. The van der Waals surface area contributed by atoms with E-state index in [0.29, 0.717) is 0 Å². The van der Waals surface area contributed by atoms with E-state index in [-0.39, 0.29) is 34.2 Å². The first kappa shape index (κ1) is 21.5. The minimum absolute atomic E-state index is 0.0196. The van der Waals surface area contributed by atoms with Crippen LogP contribution in [-0.2, 0) is 13.5 Å². The zero-order valence-electron chi connectivity index (χ0n) is 18.7. The number of hydrogen-bond acceptors (Lipinski definition) is 8. The van der Waals surface area contributed by atoms with Gasteiger partial charge in [-0.2, -0.15) is 5.10 Å². The number of aromatic hydroxyl groups is 1. The van der Waals surface area contributed by atoms with Crippen LogP contribution in [0.1, 0.15) is 48.1 Å². The van der Waals surface area contributed by atoms with E-state index in [0.717, 1.165) is 24.1 Å². The highest BCUT2D eigenvalue weighted by Crippen LogP contribution is 2.42. The Labute approximate surface area is 184 Å². The Kier molecular flexibility index (Phi) is 5.03. The lowest BCUT2D eigenvalue weighted by atomic mass is 9.74. The molecule has 0 spiro atoms. The summed E-state index contributed by atoms with van der Waals surface area (Å²) in [6.07, 6.45) is 4.76. The molecule has 10 heteroatoms. The number of nitrogens with zero attached hydrogens (tertiary/aromatic N) is 4. The average Bonchev–Trinajstić information content (AvgIpc) is 3.10. The monoisotopic (exact) mass is 438 g/mol. The van der Waals surface area contributed by atoms with Crippen LogP contribution >= 0.6 is 0 Å². The molecule has 0 saturated heterocycles. The molecule has 2 heterocycles. The van der Waals surface area contributed by atoms with Crippen molar-refractivity contribution in [3.05, 3.63) is 55.9 Å². The number of carbonyl (C=O) groups excluding carboxylic acids is 1. The van der Waals surface area contributed by atoms with Crippen LogP contribution in [0.25, 0.3) is 0 Å². The normalized spacial score (nSPS) is 17.1. The molecule has 4 rings (SSSR count). The second-order valence-electron chi connectivity index (χ2n) is 9.20. The van der Waals surface area contributed by atoms with E-state index in [1.54, 1.807) is 20.3 Å². The van der Waals surface area contributed by atoms with Gasteiger partial charge in [-0.1, -0.05) is 13.8 Å². The number of hydrogen-bond donors (Lipinski definition) is 3. The second kappa shape index (κ2) is 7.47. The Balaban J connectivity index is 1.66. The predicted octanol–water partition coefficient (Wildman–Crippen LogP) is 1.69. The molecule has 1 aliphatic rings. The zero-order chi connectivity index (χ0) is 23.4. The molecule has 0 fully saturated rings. The van der Waals surface area contributed by atoms with E-state index >= 15 is 0 Å². The quantitative estimate of drug-likeness (QED) is 0.513. The fraction of sp³-hybridized carbons (Fsp3) is 0.409. The summed E-state index contributed by atoms with van der Waals surface area (Å²) in [5.41, 5.74) is 0.923. The molecule has 2 aromatic heterocycles. The van der Waals surface area contributed by atoms with Crippen molar-refractivity contribution < 1.29 is 9.90 Å². The highest BCUT2D eigenvalue weighted by Gasteiger charge is 2.36. The van der Waals surface area contributed by atoms with Gasteiger partial charge in [0.15, 0.2) is 11.4 Å². The standard InChI is InChI=1S/C22H26N6O4/c1-22(2)8-13(11-10-24-28(5)14(11)9-22)26-16-15(19(30)20(16)31)25-12-6-7-23-17(18(12)29)21(32)27(3)4/h6-7,10,13,26,29H,8-9H2,1-5H3,(H,23,25). The molecule has 1 amide bonds. The Hall–Kier alpha value is -3.69. The summed E-state index contributed by atoms with van der Waals surface area (Å²) in [5.74, 6) is -0.874. The number of anilines is 3. The highest BCUT2D eigenvalue weighted by molar-refractivity contribution is 5.97. The molecule has 3 N–H and O–H groups in total. The summed E-state index contributed by atoms with van der Waals surface area (Å²) < 4.78 is 1.84. The number of nitrogens with one attached hydrogen (secondary N) is 2. The van der Waals surface area contributed by atoms with E-state index in [1.807, 2.05) is 11.7 Å². The summed E-state index contributed by atoms with van der Waals surface area (Å²) in [6, 6.07) is 1.24. The van der Waals surface area contributed by atoms with Crippen LogP contribution in [0.2, 0.25) is 0 Å². The molecule has 3 aromatic rings. The molecule has 0 saturated carbocycles. The maximum atomic E-state index is 12.4. The minimum Gasteiger partial charge on any atom is -0.504 e. The van der Waals surface area contributed by atoms with Gasteiger partial charge in [-0.25, -0.2) is 4.98 Å².